The molecule has 2 unspecified atom stereocenters. The maximum absolute atomic E-state index is 10.1. The summed E-state index contributed by atoms with van der Waals surface area (Å²) in [5, 5.41) is 34.0. The Hall–Kier alpha value is -1.62. The van der Waals surface area contributed by atoms with E-state index in [1.165, 1.54) is 6.07 Å². The van der Waals surface area contributed by atoms with Gasteiger partial charge in [-0.2, -0.15) is 0 Å². The summed E-state index contributed by atoms with van der Waals surface area (Å²) in [6, 6.07) is 10.4. The van der Waals surface area contributed by atoms with Crippen molar-refractivity contribution in [3.8, 4) is 5.75 Å². The molecule has 4 nitrogen and oxygen atoms in total. The number of likely N-dealkylation sites (N-methyl/N-ethyl adjacent to an activating group) is 1. The highest BCUT2D eigenvalue weighted by atomic mass is 16.3. The van der Waals surface area contributed by atoms with Gasteiger partial charge in [0.1, 0.15) is 11.9 Å². The van der Waals surface area contributed by atoms with Crippen molar-refractivity contribution >= 4 is 10.8 Å². The van der Waals surface area contributed by atoms with Gasteiger partial charge in [0.2, 0.25) is 0 Å². The van der Waals surface area contributed by atoms with E-state index >= 15 is 0 Å². The molecular formula is C14H17NO3. The number of aromatic hydroxyl groups is 1. The molecular weight excluding hydrogens is 230 g/mol. The van der Waals surface area contributed by atoms with Crippen molar-refractivity contribution in [2.75, 3.05) is 13.6 Å². The molecule has 4 heteroatoms. The first-order chi connectivity index (χ1) is 8.65. The number of phenols is 1. The highest BCUT2D eigenvalue weighted by molar-refractivity contribution is 5.91. The first-order valence-corrected chi connectivity index (χ1v) is 5.86. The Bertz CT molecular complexity index is 542. The van der Waals surface area contributed by atoms with Gasteiger partial charge in [0.25, 0.3) is 0 Å². The highest BCUT2D eigenvalue weighted by Gasteiger charge is 2.20. The van der Waals surface area contributed by atoms with Crippen LogP contribution in [0.3, 0.4) is 0 Å². The van der Waals surface area contributed by atoms with Crippen LogP contribution < -0.4 is 5.32 Å². The number of hydrogen-bond donors (Lipinski definition) is 4. The average Bonchev–Trinajstić information content (AvgIpc) is 2.39. The molecule has 0 aromatic heterocycles. The van der Waals surface area contributed by atoms with E-state index in [-0.39, 0.29) is 5.75 Å². The van der Waals surface area contributed by atoms with Crippen molar-refractivity contribution in [2.45, 2.75) is 12.2 Å². The molecule has 0 saturated heterocycles. The number of benzene rings is 2. The number of hydrogen-bond acceptors (Lipinski definition) is 4. The summed E-state index contributed by atoms with van der Waals surface area (Å²) in [5.74, 6) is 0.171. The van der Waals surface area contributed by atoms with Crippen molar-refractivity contribution in [2.24, 2.45) is 0 Å². The lowest BCUT2D eigenvalue weighted by Crippen LogP contribution is -2.29. The summed E-state index contributed by atoms with van der Waals surface area (Å²) in [6.07, 6.45) is -1.87. The normalized spacial score (nSPS) is 14.6. The number of aliphatic hydroxyl groups excluding tert-OH is 2. The minimum Gasteiger partial charge on any atom is -0.507 e. The lowest BCUT2D eigenvalue weighted by molar-refractivity contribution is 0.0211. The van der Waals surface area contributed by atoms with Gasteiger partial charge >= 0.3 is 0 Å². The summed E-state index contributed by atoms with van der Waals surface area (Å²) < 4.78 is 0. The zero-order chi connectivity index (χ0) is 13.1. The third-order valence-corrected chi connectivity index (χ3v) is 3.03. The lowest BCUT2D eigenvalue weighted by atomic mass is 9.97. The zero-order valence-corrected chi connectivity index (χ0v) is 10.2. The van der Waals surface area contributed by atoms with Gasteiger partial charge in [-0.05, 0) is 24.1 Å². The van der Waals surface area contributed by atoms with E-state index in [0.717, 1.165) is 5.39 Å². The van der Waals surface area contributed by atoms with E-state index in [1.54, 1.807) is 19.2 Å². The quantitative estimate of drug-likeness (QED) is 0.654. The van der Waals surface area contributed by atoms with Gasteiger partial charge < -0.3 is 20.6 Å². The van der Waals surface area contributed by atoms with Crippen LogP contribution in [0.25, 0.3) is 10.8 Å². The van der Waals surface area contributed by atoms with Crippen molar-refractivity contribution < 1.29 is 15.3 Å². The Labute approximate surface area is 106 Å². The molecule has 96 valence electrons. The maximum atomic E-state index is 10.1. The maximum Gasteiger partial charge on any atom is 0.123 e. The summed E-state index contributed by atoms with van der Waals surface area (Å²) >= 11 is 0. The first-order valence-electron chi connectivity index (χ1n) is 5.86. The molecule has 2 atom stereocenters. The zero-order valence-electron chi connectivity index (χ0n) is 10.2. The summed E-state index contributed by atoms with van der Waals surface area (Å²) in [6.45, 7) is 0.302. The topological polar surface area (TPSA) is 72.7 Å². The van der Waals surface area contributed by atoms with Crippen molar-refractivity contribution in [3.05, 3.63) is 42.0 Å². The van der Waals surface area contributed by atoms with Crippen LogP contribution >= 0.6 is 0 Å². The van der Waals surface area contributed by atoms with Crippen LogP contribution in [0.4, 0.5) is 0 Å². The average molecular weight is 247 g/mol. The largest absolute Gasteiger partial charge is 0.507 e. The predicted molar refractivity (Wildman–Crippen MR) is 70.5 cm³/mol. The Balaban J connectivity index is 2.48. The third-order valence-electron chi connectivity index (χ3n) is 3.03. The molecule has 0 bridgehead atoms. The van der Waals surface area contributed by atoms with Gasteiger partial charge in [0.05, 0.1) is 6.10 Å². The van der Waals surface area contributed by atoms with Gasteiger partial charge in [0.15, 0.2) is 0 Å². The summed E-state index contributed by atoms with van der Waals surface area (Å²) in [5.41, 5.74) is 0.617. The second-order valence-electron chi connectivity index (χ2n) is 4.29. The molecule has 0 aliphatic rings. The molecule has 0 amide bonds. The van der Waals surface area contributed by atoms with E-state index in [0.29, 0.717) is 17.5 Å². The Morgan fingerprint density at radius 2 is 1.72 bits per heavy atom. The van der Waals surface area contributed by atoms with Crippen LogP contribution in [0.5, 0.6) is 5.75 Å². The predicted octanol–water partition coefficient (Wildman–Crippen LogP) is 1.16. The van der Waals surface area contributed by atoms with E-state index in [1.807, 2.05) is 18.2 Å². The van der Waals surface area contributed by atoms with E-state index in [4.69, 9.17) is 0 Å². The van der Waals surface area contributed by atoms with Gasteiger partial charge in [-0.15, -0.1) is 0 Å². The molecule has 0 heterocycles. The Morgan fingerprint density at radius 3 is 2.39 bits per heavy atom. The minimum atomic E-state index is -0.983. The number of rotatable bonds is 4. The summed E-state index contributed by atoms with van der Waals surface area (Å²) in [7, 11) is 1.71. The van der Waals surface area contributed by atoms with E-state index < -0.39 is 12.2 Å². The molecule has 2 aromatic carbocycles. The second-order valence-corrected chi connectivity index (χ2v) is 4.29. The molecule has 18 heavy (non-hydrogen) atoms. The molecule has 0 aliphatic carbocycles. The monoisotopic (exact) mass is 247 g/mol. The fraction of sp³-hybridized carbons (Fsp3) is 0.286. The molecule has 0 fully saturated rings. The number of nitrogens with one attached hydrogen (secondary N) is 1. The van der Waals surface area contributed by atoms with Crippen LogP contribution in [0, 0.1) is 0 Å². The Kier molecular flexibility index (Phi) is 3.81. The first kappa shape index (κ1) is 12.8. The fourth-order valence-electron chi connectivity index (χ4n) is 2.09. The molecule has 0 radical (unpaired) electrons. The van der Waals surface area contributed by atoms with Gasteiger partial charge in [-0.1, -0.05) is 30.3 Å². The van der Waals surface area contributed by atoms with Crippen molar-refractivity contribution in [3.63, 3.8) is 0 Å². The van der Waals surface area contributed by atoms with Gasteiger partial charge in [-0.3, -0.25) is 0 Å². The minimum absolute atomic E-state index is 0.171. The van der Waals surface area contributed by atoms with Crippen LogP contribution in [0.1, 0.15) is 11.7 Å². The molecule has 4 N–H and O–H groups in total. The number of fused-ring (bicyclic) bond motifs is 1. The molecule has 0 aliphatic heterocycles. The van der Waals surface area contributed by atoms with Crippen molar-refractivity contribution in [1.29, 1.82) is 0 Å². The van der Waals surface area contributed by atoms with E-state index in [9.17, 15) is 15.3 Å². The van der Waals surface area contributed by atoms with Gasteiger partial charge in [-0.25, -0.2) is 0 Å². The highest BCUT2D eigenvalue weighted by Crippen LogP contribution is 2.31. The number of aliphatic hydroxyl groups is 2. The fourth-order valence-corrected chi connectivity index (χ4v) is 2.09. The smallest absolute Gasteiger partial charge is 0.123 e. The van der Waals surface area contributed by atoms with Crippen LogP contribution in [0.2, 0.25) is 0 Å². The molecule has 0 spiro atoms. The van der Waals surface area contributed by atoms with Crippen LogP contribution in [0.15, 0.2) is 36.4 Å². The van der Waals surface area contributed by atoms with Gasteiger partial charge in [0, 0.05) is 11.9 Å². The molecule has 2 aromatic rings. The molecule has 0 saturated carbocycles. The molecule has 2 rings (SSSR count). The van der Waals surface area contributed by atoms with E-state index in [2.05, 4.69) is 5.32 Å². The standard InChI is InChI=1S/C14H17NO3/c1-15-8-13(17)14(18)11-6-7-12(16)10-5-3-2-4-9(10)11/h2-7,13-18H,8H2,1H3. The second kappa shape index (κ2) is 5.35. The Morgan fingerprint density at radius 1 is 1.06 bits per heavy atom. The van der Waals surface area contributed by atoms with Crippen LogP contribution in [-0.2, 0) is 0 Å². The summed E-state index contributed by atoms with van der Waals surface area (Å²) in [4.78, 5) is 0. The third kappa shape index (κ3) is 2.31. The SMILES string of the molecule is CNCC(O)C(O)c1ccc(O)c2ccccc12. The van der Waals surface area contributed by atoms with Crippen LogP contribution in [-0.4, -0.2) is 35.0 Å². The van der Waals surface area contributed by atoms with Crippen molar-refractivity contribution in [1.82, 2.24) is 5.32 Å². The lowest BCUT2D eigenvalue weighted by Gasteiger charge is -2.19. The number of phenolic OH excluding ortho intramolecular Hbond substituents is 1.